The number of rotatable bonds is 5. The largest absolute Gasteiger partial charge is 0.354 e. The predicted molar refractivity (Wildman–Crippen MR) is 125 cm³/mol. The quantitative estimate of drug-likeness (QED) is 0.425. The third-order valence-corrected chi connectivity index (χ3v) is 5.86. The highest BCUT2D eigenvalue weighted by Gasteiger charge is 2.23. The van der Waals surface area contributed by atoms with Crippen LogP contribution in [0.1, 0.15) is 24.0 Å². The summed E-state index contributed by atoms with van der Waals surface area (Å²) in [5, 5.41) is 14.5. The molecule has 8 nitrogen and oxygen atoms in total. The molecule has 0 saturated carbocycles. The maximum absolute atomic E-state index is 13.5. The average molecular weight is 453 g/mol. The van der Waals surface area contributed by atoms with Crippen LogP contribution in [0, 0.1) is 17.1 Å². The van der Waals surface area contributed by atoms with Crippen molar-refractivity contribution in [2.24, 2.45) is 0 Å². The summed E-state index contributed by atoms with van der Waals surface area (Å²) in [5.74, 6) is 2.29. The monoisotopic (exact) mass is 453 g/mol. The third kappa shape index (κ3) is 3.87. The van der Waals surface area contributed by atoms with E-state index in [0.717, 1.165) is 23.2 Å². The lowest BCUT2D eigenvalue weighted by Crippen LogP contribution is -2.19. The molecule has 34 heavy (non-hydrogen) atoms. The minimum Gasteiger partial charge on any atom is -0.354 e. The van der Waals surface area contributed by atoms with Crippen molar-refractivity contribution in [2.45, 2.75) is 19.4 Å². The van der Waals surface area contributed by atoms with E-state index in [1.165, 1.54) is 12.3 Å². The average Bonchev–Trinajstić information content (AvgIpc) is 3.50. The number of carbonyl (C=O) groups excluding carboxylic acids is 1. The maximum atomic E-state index is 13.5. The third-order valence-electron chi connectivity index (χ3n) is 5.86. The molecule has 4 aromatic rings. The van der Waals surface area contributed by atoms with Crippen molar-refractivity contribution >= 4 is 23.1 Å². The van der Waals surface area contributed by atoms with Gasteiger partial charge in [-0.1, -0.05) is 6.07 Å². The number of pyridine rings is 1. The lowest BCUT2D eigenvalue weighted by atomic mass is 10.1. The molecule has 0 aliphatic carbocycles. The van der Waals surface area contributed by atoms with Crippen molar-refractivity contribution in [2.75, 3.05) is 23.4 Å². The molecule has 1 aliphatic heterocycles. The summed E-state index contributed by atoms with van der Waals surface area (Å²) in [4.78, 5) is 23.4. The van der Waals surface area contributed by atoms with Crippen molar-refractivity contribution < 1.29 is 9.18 Å². The fourth-order valence-electron chi connectivity index (χ4n) is 4.23. The predicted octanol–water partition coefficient (Wildman–Crippen LogP) is 3.75. The Labute approximate surface area is 195 Å². The van der Waals surface area contributed by atoms with Crippen LogP contribution in [0.5, 0.6) is 0 Å². The first-order chi connectivity index (χ1) is 16.6. The second-order valence-electron chi connectivity index (χ2n) is 8.12. The molecule has 4 heterocycles. The van der Waals surface area contributed by atoms with Gasteiger partial charge in [0.2, 0.25) is 0 Å². The van der Waals surface area contributed by atoms with E-state index in [-0.39, 0.29) is 5.82 Å². The maximum Gasteiger partial charge on any atom is 0.154 e. The van der Waals surface area contributed by atoms with Crippen molar-refractivity contribution in [1.82, 2.24) is 19.6 Å². The Morgan fingerprint density at radius 2 is 2.06 bits per heavy atom. The van der Waals surface area contributed by atoms with Gasteiger partial charge in [0.05, 0.1) is 29.3 Å². The molecule has 0 amide bonds. The number of halogens is 1. The number of hydrogen-bond acceptors (Lipinski definition) is 7. The van der Waals surface area contributed by atoms with Crippen LogP contribution in [0.4, 0.5) is 15.9 Å². The fourth-order valence-corrected chi connectivity index (χ4v) is 4.23. The van der Waals surface area contributed by atoms with Crippen LogP contribution in [0.3, 0.4) is 0 Å². The number of nitriles is 1. The van der Waals surface area contributed by atoms with E-state index in [1.54, 1.807) is 23.0 Å². The number of allylic oxidation sites excluding steroid dienone is 1. The molecule has 0 spiro atoms. The lowest BCUT2D eigenvalue weighted by molar-refractivity contribution is 0.566. The number of hydrogen-bond donors (Lipinski definition) is 0. The Hall–Kier alpha value is -4.54. The second-order valence-corrected chi connectivity index (χ2v) is 8.12. The molecular formula is C25H20FN7O. The van der Waals surface area contributed by atoms with Gasteiger partial charge in [0.15, 0.2) is 5.65 Å². The van der Waals surface area contributed by atoms with Gasteiger partial charge < -0.3 is 9.80 Å². The van der Waals surface area contributed by atoms with Crippen molar-refractivity contribution in [1.29, 1.82) is 5.26 Å². The highest BCUT2D eigenvalue weighted by molar-refractivity contribution is 5.75. The topological polar surface area (TPSA) is 90.4 Å². The summed E-state index contributed by atoms with van der Waals surface area (Å²) < 4.78 is 15.2. The van der Waals surface area contributed by atoms with Gasteiger partial charge in [-0.2, -0.15) is 5.26 Å². The van der Waals surface area contributed by atoms with E-state index in [2.05, 4.69) is 16.0 Å². The van der Waals surface area contributed by atoms with Crippen LogP contribution in [0.2, 0.25) is 0 Å². The van der Waals surface area contributed by atoms with Crippen LogP contribution in [-0.2, 0) is 11.3 Å². The zero-order chi connectivity index (χ0) is 23.7. The number of fused-ring (bicyclic) bond motifs is 1. The number of nitrogens with zero attached hydrogens (tertiary/aromatic N) is 7. The summed E-state index contributed by atoms with van der Waals surface area (Å²) in [5.41, 5.74) is 4.64. The summed E-state index contributed by atoms with van der Waals surface area (Å²) in [6, 6.07) is 12.9. The highest BCUT2D eigenvalue weighted by Crippen LogP contribution is 2.33. The fraction of sp³-hybridized carbons (Fsp3) is 0.200. The Morgan fingerprint density at radius 1 is 1.18 bits per heavy atom. The molecule has 1 saturated heterocycles. The van der Waals surface area contributed by atoms with Gasteiger partial charge in [-0.15, -0.1) is 5.10 Å². The normalized spacial score (nSPS) is 13.2. The Balaban J connectivity index is 1.49. The van der Waals surface area contributed by atoms with E-state index < -0.39 is 0 Å². The van der Waals surface area contributed by atoms with Gasteiger partial charge in [-0.25, -0.2) is 18.7 Å². The molecule has 3 aromatic heterocycles. The first-order valence-corrected chi connectivity index (χ1v) is 10.8. The Morgan fingerprint density at radius 3 is 2.85 bits per heavy atom. The van der Waals surface area contributed by atoms with Crippen molar-refractivity contribution in [3.63, 3.8) is 0 Å². The molecule has 5 rings (SSSR count). The van der Waals surface area contributed by atoms with Gasteiger partial charge in [0.1, 0.15) is 29.3 Å². The SMILES string of the molecule is CN(Cc1cncc(F)c1)c1ccc2ncc(-c3ccc(N4CCCC4=C=O)c(C#N)c3)n2n1. The molecule has 168 valence electrons. The molecule has 1 fully saturated rings. The molecule has 1 aliphatic rings. The van der Waals surface area contributed by atoms with Gasteiger partial charge in [-0.3, -0.25) is 4.98 Å². The van der Waals surface area contributed by atoms with Crippen molar-refractivity contribution in [3.05, 3.63) is 77.6 Å². The van der Waals surface area contributed by atoms with E-state index in [9.17, 15) is 14.4 Å². The van der Waals surface area contributed by atoms with Crippen LogP contribution in [0.15, 0.2) is 60.7 Å². The molecule has 0 bridgehead atoms. The zero-order valence-electron chi connectivity index (χ0n) is 18.4. The van der Waals surface area contributed by atoms with E-state index in [1.807, 2.05) is 47.1 Å². The van der Waals surface area contributed by atoms with E-state index in [4.69, 9.17) is 5.10 Å². The smallest absolute Gasteiger partial charge is 0.154 e. The molecule has 1 aromatic carbocycles. The summed E-state index contributed by atoms with van der Waals surface area (Å²) in [6.45, 7) is 1.12. The van der Waals surface area contributed by atoms with E-state index >= 15 is 0 Å². The van der Waals surface area contributed by atoms with Crippen LogP contribution >= 0.6 is 0 Å². The zero-order valence-corrected chi connectivity index (χ0v) is 18.4. The molecule has 0 radical (unpaired) electrons. The van der Waals surface area contributed by atoms with Crippen LogP contribution < -0.4 is 9.80 Å². The van der Waals surface area contributed by atoms with Gasteiger partial charge in [-0.05, 0) is 42.3 Å². The van der Waals surface area contributed by atoms with E-state index in [0.29, 0.717) is 47.9 Å². The molecule has 0 unspecified atom stereocenters. The molecule has 9 heteroatoms. The Kier molecular flexibility index (Phi) is 5.50. The van der Waals surface area contributed by atoms with Crippen LogP contribution in [-0.4, -0.2) is 39.1 Å². The summed E-state index contributed by atoms with van der Waals surface area (Å²) in [6.07, 6.45) is 6.03. The first kappa shape index (κ1) is 21.3. The number of imidazole rings is 1. The standard InChI is InChI=1S/C25H20FN7O/c1-31(15-17-9-20(26)13-28-12-17)25-7-6-24-29-14-23(33(24)30-25)18-4-5-22(19(10-18)11-27)32-8-2-3-21(32)16-34/h4-7,9-10,12-14H,2-3,8,15H2,1H3. The number of anilines is 2. The van der Waals surface area contributed by atoms with Crippen LogP contribution in [0.25, 0.3) is 16.9 Å². The highest BCUT2D eigenvalue weighted by atomic mass is 19.1. The first-order valence-electron chi connectivity index (χ1n) is 10.8. The number of benzene rings is 1. The summed E-state index contributed by atoms with van der Waals surface area (Å²) >= 11 is 0. The minimum absolute atomic E-state index is 0.382. The van der Waals surface area contributed by atoms with Gasteiger partial charge >= 0.3 is 0 Å². The molecule has 0 N–H and O–H groups in total. The lowest BCUT2D eigenvalue weighted by Gasteiger charge is -2.20. The Bertz CT molecular complexity index is 1480. The molecule has 0 atom stereocenters. The minimum atomic E-state index is -0.382. The van der Waals surface area contributed by atoms with Crippen molar-refractivity contribution in [3.8, 4) is 17.3 Å². The number of aromatic nitrogens is 4. The summed E-state index contributed by atoms with van der Waals surface area (Å²) in [7, 11) is 1.87. The van der Waals surface area contributed by atoms with Gasteiger partial charge in [0, 0.05) is 38.3 Å². The van der Waals surface area contributed by atoms with Gasteiger partial charge in [0.25, 0.3) is 0 Å². The second kappa shape index (κ2) is 8.77. The molecular weight excluding hydrogens is 433 g/mol.